The highest BCUT2D eigenvalue weighted by molar-refractivity contribution is 8.01. The molecule has 1 radical (unpaired) electrons. The molecule has 0 aromatic carbocycles. The summed E-state index contributed by atoms with van der Waals surface area (Å²) < 4.78 is 5.87. The van der Waals surface area contributed by atoms with E-state index >= 15 is 0 Å². The number of pyridine rings is 1. The Morgan fingerprint density at radius 3 is 2.86 bits per heavy atom. The lowest BCUT2D eigenvalue weighted by Gasteiger charge is -2.33. The van der Waals surface area contributed by atoms with Crippen molar-refractivity contribution < 1.29 is 0 Å². The van der Waals surface area contributed by atoms with Gasteiger partial charge in [-0.25, -0.2) is 10.3 Å². The highest BCUT2D eigenvalue weighted by atomic mass is 32.2. The highest BCUT2D eigenvalue weighted by Crippen LogP contribution is 2.38. The maximum absolute atomic E-state index is 4.86. The average Bonchev–Trinajstić information content (AvgIpc) is 2.98. The first-order chi connectivity index (χ1) is 10.7. The van der Waals surface area contributed by atoms with Gasteiger partial charge in [-0.15, -0.1) is 23.5 Å². The van der Waals surface area contributed by atoms with Crippen LogP contribution in [0.25, 0.3) is 0 Å². The first-order valence-corrected chi connectivity index (χ1v) is 10.4. The first kappa shape index (κ1) is 16.1. The number of rotatable bonds is 4. The van der Waals surface area contributed by atoms with Gasteiger partial charge in [0.15, 0.2) is 0 Å². The molecule has 1 aliphatic heterocycles. The number of nitrogens with zero attached hydrogens (tertiary/aromatic N) is 4. The van der Waals surface area contributed by atoms with Crippen LogP contribution in [-0.2, 0) is 0 Å². The third kappa shape index (κ3) is 3.27. The lowest BCUT2D eigenvalue weighted by atomic mass is 10.1. The second kappa shape index (κ2) is 7.21. The van der Waals surface area contributed by atoms with Gasteiger partial charge in [-0.1, -0.05) is 6.07 Å². The van der Waals surface area contributed by atoms with Gasteiger partial charge in [-0.2, -0.15) is 4.37 Å². The molecule has 0 saturated carbocycles. The Balaban J connectivity index is 1.86. The van der Waals surface area contributed by atoms with E-state index < -0.39 is 0 Å². The van der Waals surface area contributed by atoms with Gasteiger partial charge in [0.1, 0.15) is 10.8 Å². The van der Waals surface area contributed by atoms with Crippen molar-refractivity contribution in [1.82, 2.24) is 14.7 Å². The van der Waals surface area contributed by atoms with E-state index in [0.29, 0.717) is 0 Å². The predicted octanol–water partition coefficient (Wildman–Crippen LogP) is 3.46. The Labute approximate surface area is 144 Å². The van der Waals surface area contributed by atoms with E-state index in [-0.39, 0.29) is 6.04 Å². The summed E-state index contributed by atoms with van der Waals surface area (Å²) in [6.07, 6.45) is 4.20. The molecule has 3 rings (SSSR count). The fourth-order valence-electron chi connectivity index (χ4n) is 2.63. The van der Waals surface area contributed by atoms with E-state index in [9.17, 15) is 0 Å². The molecule has 1 atom stereocenters. The van der Waals surface area contributed by atoms with Crippen molar-refractivity contribution in [3.63, 3.8) is 0 Å². The van der Waals surface area contributed by atoms with Crippen LogP contribution in [0.15, 0.2) is 27.4 Å². The van der Waals surface area contributed by atoms with Crippen LogP contribution in [0.2, 0.25) is 0 Å². The molecule has 1 saturated heterocycles. The van der Waals surface area contributed by atoms with E-state index in [4.69, 9.17) is 5.32 Å². The number of aryl methyl sites for hydroxylation is 1. The Morgan fingerprint density at radius 2 is 2.14 bits per heavy atom. The fourth-order valence-corrected chi connectivity index (χ4v) is 5.08. The van der Waals surface area contributed by atoms with E-state index in [1.807, 2.05) is 13.0 Å². The summed E-state index contributed by atoms with van der Waals surface area (Å²) >= 11 is 5.08. The van der Waals surface area contributed by atoms with Gasteiger partial charge >= 0.3 is 0 Å². The van der Waals surface area contributed by atoms with Crippen LogP contribution in [0.3, 0.4) is 0 Å². The van der Waals surface area contributed by atoms with Crippen molar-refractivity contribution in [3.05, 3.63) is 29.5 Å². The van der Waals surface area contributed by atoms with Gasteiger partial charge in [0.25, 0.3) is 0 Å². The smallest absolute Gasteiger partial charge is 0.128 e. The molecule has 2 aromatic rings. The molecule has 0 spiro atoms. The zero-order valence-electron chi connectivity index (χ0n) is 12.9. The summed E-state index contributed by atoms with van der Waals surface area (Å²) in [7, 11) is 0. The number of piperazine rings is 1. The molecule has 0 amide bonds. The van der Waals surface area contributed by atoms with Crippen molar-refractivity contribution in [3.8, 4) is 0 Å². The summed E-state index contributed by atoms with van der Waals surface area (Å²) in [4.78, 5) is 7.00. The Morgan fingerprint density at radius 1 is 1.27 bits per heavy atom. The lowest BCUT2D eigenvalue weighted by Crippen LogP contribution is -2.43. The van der Waals surface area contributed by atoms with Crippen LogP contribution in [0.5, 0.6) is 0 Å². The number of hydrogen-bond donors (Lipinski definition) is 0. The SMILES string of the molecule is CSc1nsc(SC)c1C1CN(c2cccc(C)n2)CC[N]1. The summed E-state index contributed by atoms with van der Waals surface area (Å²) in [5, 5.41) is 5.98. The standard InChI is InChI=1S/C15H19N4S3/c1-10-5-4-6-12(17-10)19-8-7-16-11(9-19)13-14(20-2)18-22-15(13)21-3/h4-6,11H,7-9H2,1-3H3. The van der Waals surface area contributed by atoms with E-state index in [1.165, 1.54) is 9.77 Å². The highest BCUT2D eigenvalue weighted by Gasteiger charge is 2.28. The van der Waals surface area contributed by atoms with Gasteiger partial charge in [0.2, 0.25) is 0 Å². The molecule has 7 heteroatoms. The number of anilines is 1. The van der Waals surface area contributed by atoms with Crippen LogP contribution in [0.4, 0.5) is 5.82 Å². The van der Waals surface area contributed by atoms with Gasteiger partial charge in [0.05, 0.1) is 10.3 Å². The Hall–Kier alpha value is -0.760. The van der Waals surface area contributed by atoms with Crippen molar-refractivity contribution >= 4 is 40.9 Å². The van der Waals surface area contributed by atoms with Crippen LogP contribution < -0.4 is 10.2 Å². The maximum Gasteiger partial charge on any atom is 0.128 e. The molecule has 1 aliphatic rings. The van der Waals surface area contributed by atoms with E-state index in [1.54, 1.807) is 35.1 Å². The van der Waals surface area contributed by atoms with Gasteiger partial charge in [0, 0.05) is 30.9 Å². The van der Waals surface area contributed by atoms with E-state index in [2.05, 4.69) is 38.9 Å². The lowest BCUT2D eigenvalue weighted by molar-refractivity contribution is 0.451. The van der Waals surface area contributed by atoms with Crippen LogP contribution in [0, 0.1) is 6.92 Å². The molecule has 0 aliphatic carbocycles. The van der Waals surface area contributed by atoms with Gasteiger partial charge in [-0.3, -0.25) is 0 Å². The topological polar surface area (TPSA) is 43.1 Å². The van der Waals surface area contributed by atoms with Crippen molar-refractivity contribution in [2.75, 3.05) is 37.0 Å². The minimum atomic E-state index is 0.194. The summed E-state index contributed by atoms with van der Waals surface area (Å²) in [6.45, 7) is 4.71. The Bertz CT molecular complexity index is 622. The first-order valence-electron chi connectivity index (χ1n) is 7.15. The quantitative estimate of drug-likeness (QED) is 0.789. The zero-order valence-corrected chi connectivity index (χ0v) is 15.4. The molecule has 117 valence electrons. The van der Waals surface area contributed by atoms with Gasteiger partial charge < -0.3 is 4.90 Å². The minimum absolute atomic E-state index is 0.194. The summed E-state index contributed by atoms with van der Waals surface area (Å²) in [5.74, 6) is 1.06. The van der Waals surface area contributed by atoms with Crippen LogP contribution in [0.1, 0.15) is 17.3 Å². The monoisotopic (exact) mass is 351 g/mol. The van der Waals surface area contributed by atoms with E-state index in [0.717, 1.165) is 36.2 Å². The second-order valence-electron chi connectivity index (χ2n) is 5.10. The zero-order chi connectivity index (χ0) is 15.5. The second-order valence-corrected chi connectivity index (χ2v) is 7.75. The van der Waals surface area contributed by atoms with Crippen LogP contribution in [-0.4, -0.2) is 41.5 Å². The predicted molar refractivity (Wildman–Crippen MR) is 96.6 cm³/mol. The van der Waals surface area contributed by atoms with Crippen molar-refractivity contribution in [2.24, 2.45) is 0 Å². The maximum atomic E-state index is 4.86. The molecule has 22 heavy (non-hydrogen) atoms. The minimum Gasteiger partial charge on any atom is -0.353 e. The molecule has 1 fully saturated rings. The van der Waals surface area contributed by atoms with Crippen molar-refractivity contribution in [1.29, 1.82) is 0 Å². The molecule has 0 N–H and O–H groups in total. The third-order valence-electron chi connectivity index (χ3n) is 3.68. The molecular weight excluding hydrogens is 332 g/mol. The molecular formula is C15H19N4S3. The summed E-state index contributed by atoms with van der Waals surface area (Å²) in [5.41, 5.74) is 2.37. The Kier molecular flexibility index (Phi) is 5.28. The molecule has 4 nitrogen and oxygen atoms in total. The molecule has 3 heterocycles. The van der Waals surface area contributed by atoms with Gasteiger partial charge in [-0.05, 0) is 43.1 Å². The largest absolute Gasteiger partial charge is 0.353 e. The third-order valence-corrected chi connectivity index (χ3v) is 6.47. The molecule has 1 unspecified atom stereocenters. The average molecular weight is 352 g/mol. The fraction of sp³-hybridized carbons (Fsp3) is 0.467. The summed E-state index contributed by atoms with van der Waals surface area (Å²) in [6, 6.07) is 6.40. The number of thioether (sulfide) groups is 2. The number of hydrogen-bond acceptors (Lipinski definition) is 6. The van der Waals surface area contributed by atoms with Crippen LogP contribution >= 0.6 is 35.1 Å². The number of aromatic nitrogens is 2. The molecule has 0 bridgehead atoms. The molecule has 2 aromatic heterocycles. The van der Waals surface area contributed by atoms with Crippen molar-refractivity contribution in [2.45, 2.75) is 22.2 Å². The normalized spacial score (nSPS) is 18.7.